The van der Waals surface area contributed by atoms with Crippen LogP contribution in [-0.4, -0.2) is 17.3 Å². The molecule has 1 atom stereocenters. The van der Waals surface area contributed by atoms with Crippen LogP contribution in [-0.2, 0) is 12.4 Å². The van der Waals surface area contributed by atoms with Crippen LogP contribution in [0.5, 0.6) is 0 Å². The number of benzene rings is 3. The maximum absolute atomic E-state index is 13.3. The highest BCUT2D eigenvalue weighted by Gasteiger charge is 2.37. The third-order valence-corrected chi connectivity index (χ3v) is 8.49. The Morgan fingerprint density at radius 1 is 0.757 bits per heavy atom. The van der Waals surface area contributed by atoms with Gasteiger partial charge in [-0.1, -0.05) is 81.4 Å². The number of hydrogen-bond acceptors (Lipinski definition) is 1. The molecular weight excluding hydrogens is 529 g/mol. The number of thiocarbonyl (C=S) groups is 1. The minimum Gasteiger partial charge on any atom is -0.359 e. The predicted molar refractivity (Wildman–Crippen MR) is 143 cm³/mol. The standard InChI is InChI=1S/C27H27F6N2PS/c1-25(2,3)23(17-36(21-10-6-4-7-11-21)22-12-8-5-9-13-22)35-24(37)34-20-15-18(26(28,29)30)14-19(16-20)27(31,32)33/h4-16,23H,17H2,1-3H3,(H2,34,35,37)/t23-/m1/s1. The van der Waals surface area contributed by atoms with Crippen molar-refractivity contribution in [1.82, 2.24) is 5.32 Å². The summed E-state index contributed by atoms with van der Waals surface area (Å²) in [6, 6.07) is 21.0. The van der Waals surface area contributed by atoms with Crippen LogP contribution in [0.1, 0.15) is 31.9 Å². The fraction of sp³-hybridized carbons (Fsp3) is 0.296. The highest BCUT2D eigenvalue weighted by molar-refractivity contribution is 7.80. The third kappa shape index (κ3) is 8.17. The summed E-state index contributed by atoms with van der Waals surface area (Å²) < 4.78 is 79.6. The van der Waals surface area contributed by atoms with Gasteiger partial charge in [0.15, 0.2) is 5.11 Å². The number of rotatable bonds is 6. The zero-order valence-corrected chi connectivity index (χ0v) is 22.1. The van der Waals surface area contributed by atoms with E-state index in [1.54, 1.807) is 0 Å². The lowest BCUT2D eigenvalue weighted by atomic mass is 9.88. The Bertz CT molecular complexity index is 1120. The third-order valence-electron chi connectivity index (χ3n) is 5.70. The summed E-state index contributed by atoms with van der Waals surface area (Å²) in [6.07, 6.45) is -9.24. The SMILES string of the molecule is CC(C)(C)[C@@H](CP(c1ccccc1)c1ccccc1)NC(=S)Nc1cc(C(F)(F)F)cc(C(F)(F)F)c1. The second-order valence-electron chi connectivity index (χ2n) is 9.59. The summed E-state index contributed by atoms with van der Waals surface area (Å²) in [5.41, 5.74) is -3.53. The molecule has 0 saturated heterocycles. The Labute approximate surface area is 219 Å². The molecule has 3 rings (SSSR count). The molecule has 37 heavy (non-hydrogen) atoms. The van der Waals surface area contributed by atoms with Crippen LogP contribution < -0.4 is 21.2 Å². The molecular formula is C27H27F6N2PS. The van der Waals surface area contributed by atoms with Gasteiger partial charge in [-0.25, -0.2) is 0 Å². The molecule has 0 aliphatic rings. The molecule has 10 heteroatoms. The van der Waals surface area contributed by atoms with Gasteiger partial charge in [0, 0.05) is 11.7 Å². The zero-order valence-electron chi connectivity index (χ0n) is 20.4. The smallest absolute Gasteiger partial charge is 0.359 e. The van der Waals surface area contributed by atoms with E-state index in [9.17, 15) is 26.3 Å². The Kier molecular flexibility index (Phi) is 8.91. The molecule has 0 radical (unpaired) electrons. The van der Waals surface area contributed by atoms with Gasteiger partial charge in [-0.15, -0.1) is 0 Å². The van der Waals surface area contributed by atoms with Gasteiger partial charge in [0.2, 0.25) is 0 Å². The van der Waals surface area contributed by atoms with Crippen LogP contribution >= 0.6 is 20.1 Å². The molecule has 0 heterocycles. The maximum atomic E-state index is 13.3. The number of halogens is 6. The van der Waals surface area contributed by atoms with Gasteiger partial charge in [-0.05, 0) is 60.5 Å². The lowest BCUT2D eigenvalue weighted by Gasteiger charge is -2.35. The summed E-state index contributed by atoms with van der Waals surface area (Å²) in [6.45, 7) is 6.01. The van der Waals surface area contributed by atoms with Gasteiger partial charge in [-0.2, -0.15) is 26.3 Å². The van der Waals surface area contributed by atoms with E-state index < -0.39 is 31.4 Å². The van der Waals surface area contributed by atoms with E-state index in [0.29, 0.717) is 18.3 Å². The molecule has 2 nitrogen and oxygen atoms in total. The highest BCUT2D eigenvalue weighted by Crippen LogP contribution is 2.39. The van der Waals surface area contributed by atoms with E-state index in [1.165, 1.54) is 0 Å². The van der Waals surface area contributed by atoms with E-state index >= 15 is 0 Å². The van der Waals surface area contributed by atoms with E-state index in [4.69, 9.17) is 12.2 Å². The zero-order chi connectivity index (χ0) is 27.4. The maximum Gasteiger partial charge on any atom is 0.416 e. The van der Waals surface area contributed by atoms with Gasteiger partial charge in [0.1, 0.15) is 0 Å². The van der Waals surface area contributed by atoms with E-state index in [0.717, 1.165) is 10.6 Å². The first-order valence-electron chi connectivity index (χ1n) is 11.4. The molecule has 3 aromatic carbocycles. The van der Waals surface area contributed by atoms with Gasteiger partial charge < -0.3 is 10.6 Å². The average Bonchev–Trinajstić information content (AvgIpc) is 2.81. The summed E-state index contributed by atoms with van der Waals surface area (Å²) in [4.78, 5) is 0. The number of anilines is 1. The van der Waals surface area contributed by atoms with Crippen molar-refractivity contribution in [2.45, 2.75) is 39.2 Å². The lowest BCUT2D eigenvalue weighted by Crippen LogP contribution is -2.48. The molecule has 0 unspecified atom stereocenters. The van der Waals surface area contributed by atoms with Crippen LogP contribution in [0.3, 0.4) is 0 Å². The van der Waals surface area contributed by atoms with Gasteiger partial charge in [-0.3, -0.25) is 0 Å². The first kappa shape index (κ1) is 28.9. The Hall–Kier alpha value is -2.64. The quantitative estimate of drug-likeness (QED) is 0.186. The fourth-order valence-corrected chi connectivity index (χ4v) is 6.69. The summed E-state index contributed by atoms with van der Waals surface area (Å²) in [5, 5.41) is 7.95. The second kappa shape index (κ2) is 11.4. The molecule has 0 aromatic heterocycles. The number of hydrogen-bond donors (Lipinski definition) is 2. The second-order valence-corrected chi connectivity index (χ2v) is 12.3. The van der Waals surface area contributed by atoms with Gasteiger partial charge in [0.25, 0.3) is 0 Å². The summed E-state index contributed by atoms with van der Waals surface area (Å²) in [7, 11) is -0.833. The lowest BCUT2D eigenvalue weighted by molar-refractivity contribution is -0.143. The van der Waals surface area contributed by atoms with Gasteiger partial charge >= 0.3 is 12.4 Å². The van der Waals surface area contributed by atoms with E-state index in [-0.39, 0.29) is 28.3 Å². The minimum absolute atomic E-state index is 0.0524. The van der Waals surface area contributed by atoms with Crippen molar-refractivity contribution in [1.29, 1.82) is 0 Å². The molecule has 0 fully saturated rings. The molecule has 0 aliphatic heterocycles. The van der Waals surface area contributed by atoms with Crippen LogP contribution in [0.2, 0.25) is 0 Å². The van der Waals surface area contributed by atoms with E-state index in [1.807, 2.05) is 57.2 Å². The molecule has 0 aliphatic carbocycles. The number of nitrogens with one attached hydrogen (secondary N) is 2. The van der Waals surface area contributed by atoms with Crippen molar-refractivity contribution < 1.29 is 26.3 Å². The van der Waals surface area contributed by atoms with Crippen molar-refractivity contribution in [2.24, 2.45) is 5.41 Å². The number of alkyl halides is 6. The monoisotopic (exact) mass is 556 g/mol. The van der Waals surface area contributed by atoms with Crippen LogP contribution in [0.15, 0.2) is 78.9 Å². The topological polar surface area (TPSA) is 24.1 Å². The van der Waals surface area contributed by atoms with Crippen molar-refractivity contribution in [3.05, 3.63) is 90.0 Å². The largest absolute Gasteiger partial charge is 0.416 e. The van der Waals surface area contributed by atoms with Crippen molar-refractivity contribution in [3.8, 4) is 0 Å². The highest BCUT2D eigenvalue weighted by atomic mass is 32.1. The minimum atomic E-state index is -4.94. The average molecular weight is 557 g/mol. The molecule has 2 N–H and O–H groups in total. The fourth-order valence-electron chi connectivity index (χ4n) is 3.65. The molecule has 3 aromatic rings. The molecule has 0 spiro atoms. The summed E-state index contributed by atoms with van der Waals surface area (Å²) in [5.74, 6) is 0. The molecule has 198 valence electrons. The van der Waals surface area contributed by atoms with Crippen molar-refractivity contribution in [3.63, 3.8) is 0 Å². The van der Waals surface area contributed by atoms with Crippen molar-refractivity contribution in [2.75, 3.05) is 11.5 Å². The Morgan fingerprint density at radius 2 is 1.19 bits per heavy atom. The van der Waals surface area contributed by atoms with Crippen LogP contribution in [0, 0.1) is 5.41 Å². The molecule has 0 amide bonds. The van der Waals surface area contributed by atoms with E-state index in [2.05, 4.69) is 34.9 Å². The Morgan fingerprint density at radius 3 is 1.57 bits per heavy atom. The molecule has 0 bridgehead atoms. The van der Waals surface area contributed by atoms with Gasteiger partial charge in [0.05, 0.1) is 11.1 Å². The Balaban J connectivity index is 1.88. The predicted octanol–water partition coefficient (Wildman–Crippen LogP) is 7.56. The first-order valence-corrected chi connectivity index (χ1v) is 13.3. The van der Waals surface area contributed by atoms with Crippen LogP contribution in [0.4, 0.5) is 32.0 Å². The summed E-state index contributed by atoms with van der Waals surface area (Å²) >= 11 is 5.36. The van der Waals surface area contributed by atoms with Crippen molar-refractivity contribution >= 4 is 41.5 Å². The first-order chi connectivity index (χ1) is 17.1. The normalized spacial score (nSPS) is 13.4. The van der Waals surface area contributed by atoms with Crippen LogP contribution in [0.25, 0.3) is 0 Å². The molecule has 0 saturated carbocycles.